The molecule has 0 aromatic heterocycles. The van der Waals surface area contributed by atoms with Gasteiger partial charge < -0.3 is 10.1 Å². The number of rotatable bonds is 4. The number of anilines is 1. The van der Waals surface area contributed by atoms with Crippen molar-refractivity contribution in [2.45, 2.75) is 32.4 Å². The molecular weight excluding hydrogens is 343 g/mol. The standard InChI is InChI=1S/C20H20F3NO2/c1-11-4-9-17(12(2)18(11)26-3)24-19(25)16-10-15(16)13-5-7-14(8-6-13)20(21,22)23/h4-9,15-16H,10H2,1-3H3,(H,24,25). The van der Waals surface area contributed by atoms with E-state index in [0.717, 1.165) is 34.6 Å². The number of carbonyl (C=O) groups is 1. The van der Waals surface area contributed by atoms with Crippen molar-refractivity contribution in [3.05, 3.63) is 58.7 Å². The van der Waals surface area contributed by atoms with E-state index in [0.29, 0.717) is 12.1 Å². The fourth-order valence-corrected chi connectivity index (χ4v) is 3.27. The molecule has 138 valence electrons. The molecule has 1 N–H and O–H groups in total. The van der Waals surface area contributed by atoms with E-state index < -0.39 is 11.7 Å². The lowest BCUT2D eigenvalue weighted by molar-refractivity contribution is -0.137. The van der Waals surface area contributed by atoms with Crippen LogP contribution in [0.5, 0.6) is 5.75 Å². The Morgan fingerprint density at radius 3 is 2.35 bits per heavy atom. The molecule has 3 nitrogen and oxygen atoms in total. The van der Waals surface area contributed by atoms with Gasteiger partial charge in [0.15, 0.2) is 0 Å². The average molecular weight is 363 g/mol. The summed E-state index contributed by atoms with van der Waals surface area (Å²) in [6, 6.07) is 8.76. The first kappa shape index (κ1) is 18.3. The molecule has 2 aromatic rings. The third-order valence-electron chi connectivity index (χ3n) is 4.86. The van der Waals surface area contributed by atoms with E-state index in [-0.39, 0.29) is 17.7 Å². The van der Waals surface area contributed by atoms with Gasteiger partial charge in [-0.25, -0.2) is 0 Å². The van der Waals surface area contributed by atoms with Gasteiger partial charge in [-0.15, -0.1) is 0 Å². The molecule has 0 radical (unpaired) electrons. The lowest BCUT2D eigenvalue weighted by Gasteiger charge is -2.14. The van der Waals surface area contributed by atoms with Crippen LogP contribution in [0.25, 0.3) is 0 Å². The molecule has 0 heterocycles. The average Bonchev–Trinajstić information content (AvgIpc) is 3.38. The van der Waals surface area contributed by atoms with Crippen molar-refractivity contribution < 1.29 is 22.7 Å². The number of alkyl halides is 3. The van der Waals surface area contributed by atoms with Crippen molar-refractivity contribution in [1.82, 2.24) is 0 Å². The minimum absolute atomic E-state index is 0.0371. The van der Waals surface area contributed by atoms with Crippen LogP contribution in [-0.4, -0.2) is 13.0 Å². The van der Waals surface area contributed by atoms with Crippen LogP contribution in [0, 0.1) is 19.8 Å². The molecule has 1 saturated carbocycles. The number of ether oxygens (including phenoxy) is 1. The third-order valence-corrected chi connectivity index (χ3v) is 4.86. The van der Waals surface area contributed by atoms with Crippen LogP contribution in [0.2, 0.25) is 0 Å². The zero-order valence-electron chi connectivity index (χ0n) is 14.8. The third kappa shape index (κ3) is 3.54. The molecule has 1 fully saturated rings. The maximum atomic E-state index is 12.6. The molecule has 26 heavy (non-hydrogen) atoms. The first-order chi connectivity index (χ1) is 12.2. The van der Waals surface area contributed by atoms with Gasteiger partial charge in [0.05, 0.1) is 12.7 Å². The molecule has 0 saturated heterocycles. The first-order valence-corrected chi connectivity index (χ1v) is 8.34. The Labute approximate surface area is 150 Å². The summed E-state index contributed by atoms with van der Waals surface area (Å²) in [4.78, 5) is 12.5. The number of carbonyl (C=O) groups excluding carboxylic acids is 1. The summed E-state index contributed by atoms with van der Waals surface area (Å²) in [5.74, 6) is 0.352. The van der Waals surface area contributed by atoms with E-state index in [9.17, 15) is 18.0 Å². The van der Waals surface area contributed by atoms with Gasteiger partial charge in [0.25, 0.3) is 0 Å². The van der Waals surface area contributed by atoms with Crippen molar-refractivity contribution in [2.75, 3.05) is 12.4 Å². The quantitative estimate of drug-likeness (QED) is 0.823. The largest absolute Gasteiger partial charge is 0.496 e. The highest BCUT2D eigenvalue weighted by molar-refractivity contribution is 5.96. The van der Waals surface area contributed by atoms with Crippen LogP contribution in [0.1, 0.15) is 34.6 Å². The maximum absolute atomic E-state index is 12.6. The molecular formula is C20H20F3NO2. The van der Waals surface area contributed by atoms with Crippen LogP contribution in [0.15, 0.2) is 36.4 Å². The Morgan fingerprint density at radius 2 is 1.77 bits per heavy atom. The second-order valence-corrected chi connectivity index (χ2v) is 6.65. The lowest BCUT2D eigenvalue weighted by atomic mass is 10.1. The van der Waals surface area contributed by atoms with E-state index in [2.05, 4.69) is 5.32 Å². The topological polar surface area (TPSA) is 38.3 Å². The number of amides is 1. The van der Waals surface area contributed by atoms with Crippen molar-refractivity contribution >= 4 is 11.6 Å². The van der Waals surface area contributed by atoms with Gasteiger partial charge in [-0.1, -0.05) is 18.2 Å². The van der Waals surface area contributed by atoms with Gasteiger partial charge >= 0.3 is 6.18 Å². The number of aryl methyl sites for hydroxylation is 1. The monoisotopic (exact) mass is 363 g/mol. The smallest absolute Gasteiger partial charge is 0.416 e. The van der Waals surface area contributed by atoms with Crippen molar-refractivity contribution in [2.24, 2.45) is 5.92 Å². The minimum atomic E-state index is -4.35. The van der Waals surface area contributed by atoms with Crippen LogP contribution in [0.4, 0.5) is 18.9 Å². The van der Waals surface area contributed by atoms with Crippen molar-refractivity contribution in [1.29, 1.82) is 0 Å². The number of hydrogen-bond acceptors (Lipinski definition) is 2. The van der Waals surface area contributed by atoms with E-state index >= 15 is 0 Å². The van der Waals surface area contributed by atoms with Crippen molar-refractivity contribution in [3.63, 3.8) is 0 Å². The molecule has 2 atom stereocenters. The maximum Gasteiger partial charge on any atom is 0.416 e. The summed E-state index contributed by atoms with van der Waals surface area (Å²) in [6.45, 7) is 3.81. The summed E-state index contributed by atoms with van der Waals surface area (Å²) < 4.78 is 43.3. The van der Waals surface area contributed by atoms with E-state index in [1.165, 1.54) is 12.1 Å². The summed E-state index contributed by atoms with van der Waals surface area (Å²) >= 11 is 0. The second kappa shape index (κ2) is 6.67. The Hall–Kier alpha value is -2.50. The number of hydrogen-bond donors (Lipinski definition) is 1. The zero-order chi connectivity index (χ0) is 19.1. The van der Waals surface area contributed by atoms with E-state index in [4.69, 9.17) is 4.74 Å². The highest BCUT2D eigenvalue weighted by atomic mass is 19.4. The number of benzene rings is 2. The van der Waals surface area contributed by atoms with Crippen LogP contribution in [-0.2, 0) is 11.0 Å². The lowest BCUT2D eigenvalue weighted by Crippen LogP contribution is -2.15. The van der Waals surface area contributed by atoms with Gasteiger partial charge in [0.1, 0.15) is 5.75 Å². The molecule has 0 bridgehead atoms. The summed E-state index contributed by atoms with van der Waals surface area (Å²) in [6.07, 6.45) is -3.71. The molecule has 2 aromatic carbocycles. The predicted octanol–water partition coefficient (Wildman–Crippen LogP) is 5.07. The molecule has 0 aliphatic heterocycles. The van der Waals surface area contributed by atoms with E-state index in [1.807, 2.05) is 26.0 Å². The second-order valence-electron chi connectivity index (χ2n) is 6.65. The number of halogens is 3. The summed E-state index contributed by atoms with van der Waals surface area (Å²) in [5, 5.41) is 2.91. The fraction of sp³-hybridized carbons (Fsp3) is 0.350. The molecule has 1 aliphatic rings. The van der Waals surface area contributed by atoms with Gasteiger partial charge in [-0.3, -0.25) is 4.79 Å². The molecule has 1 amide bonds. The van der Waals surface area contributed by atoms with Gasteiger partial charge in [-0.05, 0) is 55.5 Å². The minimum Gasteiger partial charge on any atom is -0.496 e. The number of methoxy groups -OCH3 is 1. The zero-order valence-corrected chi connectivity index (χ0v) is 14.8. The summed E-state index contributed by atoms with van der Waals surface area (Å²) in [5.41, 5.74) is 2.61. The van der Waals surface area contributed by atoms with Gasteiger partial charge in [-0.2, -0.15) is 13.2 Å². The highest BCUT2D eigenvalue weighted by Gasteiger charge is 2.44. The van der Waals surface area contributed by atoms with Crippen molar-refractivity contribution in [3.8, 4) is 5.75 Å². The molecule has 2 unspecified atom stereocenters. The highest BCUT2D eigenvalue weighted by Crippen LogP contribution is 2.48. The van der Waals surface area contributed by atoms with Gasteiger partial charge in [0.2, 0.25) is 5.91 Å². The molecule has 0 spiro atoms. The van der Waals surface area contributed by atoms with Gasteiger partial charge in [0, 0.05) is 17.2 Å². The van der Waals surface area contributed by atoms with E-state index in [1.54, 1.807) is 7.11 Å². The van der Waals surface area contributed by atoms with Crippen LogP contribution >= 0.6 is 0 Å². The van der Waals surface area contributed by atoms with Crippen LogP contribution < -0.4 is 10.1 Å². The molecule has 3 rings (SSSR count). The summed E-state index contributed by atoms with van der Waals surface area (Å²) in [7, 11) is 1.59. The normalized spacial score (nSPS) is 19.2. The SMILES string of the molecule is COc1c(C)ccc(NC(=O)C2CC2c2ccc(C(F)(F)F)cc2)c1C. The fourth-order valence-electron chi connectivity index (χ4n) is 3.27. The van der Waals surface area contributed by atoms with Crippen LogP contribution in [0.3, 0.4) is 0 Å². The molecule has 1 aliphatic carbocycles. The Balaban J connectivity index is 1.68. The Morgan fingerprint density at radius 1 is 1.12 bits per heavy atom. The first-order valence-electron chi connectivity index (χ1n) is 8.34. The Kier molecular flexibility index (Phi) is 4.69. The Bertz CT molecular complexity index is 828. The number of nitrogens with one attached hydrogen (secondary N) is 1. The molecule has 6 heteroatoms. The predicted molar refractivity (Wildman–Crippen MR) is 93.4 cm³/mol.